The van der Waals surface area contributed by atoms with Gasteiger partial charge < -0.3 is 10.0 Å². The van der Waals surface area contributed by atoms with Gasteiger partial charge in [-0.05, 0) is 41.8 Å². The van der Waals surface area contributed by atoms with E-state index in [9.17, 15) is 9.90 Å². The van der Waals surface area contributed by atoms with Crippen molar-refractivity contribution < 1.29 is 9.90 Å². The van der Waals surface area contributed by atoms with Crippen molar-refractivity contribution in [3.05, 3.63) is 105 Å². The molecule has 5 rings (SSSR count). The Morgan fingerprint density at radius 1 is 0.969 bits per heavy atom. The number of para-hydroxylation sites is 1. The number of aromatic hydroxyl groups is 1. The van der Waals surface area contributed by atoms with Crippen LogP contribution in [0, 0.1) is 0 Å². The molecule has 1 amide bonds. The third kappa shape index (κ3) is 3.53. The van der Waals surface area contributed by atoms with E-state index in [1.54, 1.807) is 30.3 Å². The number of hydrogen-bond acceptors (Lipinski definition) is 3. The van der Waals surface area contributed by atoms with Crippen LogP contribution in [0.3, 0.4) is 0 Å². The van der Waals surface area contributed by atoms with Crippen LogP contribution in [0.4, 0.5) is 0 Å². The molecule has 1 aromatic heterocycles. The van der Waals surface area contributed by atoms with Crippen LogP contribution in [0.2, 0.25) is 10.0 Å². The van der Waals surface area contributed by atoms with E-state index >= 15 is 0 Å². The second kappa shape index (κ2) is 8.34. The van der Waals surface area contributed by atoms with E-state index in [0.717, 1.165) is 16.7 Å². The number of amides is 1. The fourth-order valence-electron chi connectivity index (χ4n) is 4.23. The molecule has 0 saturated carbocycles. The number of halogens is 2. The second-order valence-electron chi connectivity index (χ2n) is 7.69. The summed E-state index contributed by atoms with van der Waals surface area (Å²) in [6, 6.07) is 22.0. The van der Waals surface area contributed by atoms with Crippen LogP contribution in [0.15, 0.2) is 72.8 Å². The number of aromatic nitrogens is 2. The molecule has 5 nitrogen and oxygen atoms in total. The molecule has 160 valence electrons. The van der Waals surface area contributed by atoms with E-state index in [1.165, 1.54) is 0 Å². The van der Waals surface area contributed by atoms with Gasteiger partial charge in [-0.3, -0.25) is 9.89 Å². The van der Waals surface area contributed by atoms with Gasteiger partial charge in [0.1, 0.15) is 17.1 Å². The van der Waals surface area contributed by atoms with Crippen LogP contribution in [-0.2, 0) is 6.42 Å². The lowest BCUT2D eigenvalue weighted by molar-refractivity contribution is 0.0746. The highest BCUT2D eigenvalue weighted by Gasteiger charge is 2.42. The Bertz CT molecular complexity index is 1300. The smallest absolute Gasteiger partial charge is 0.273 e. The first-order valence-electron chi connectivity index (χ1n) is 10.2. The average Bonchev–Trinajstić information content (AvgIpc) is 3.34. The number of nitrogens with one attached hydrogen (secondary N) is 1. The van der Waals surface area contributed by atoms with Crippen LogP contribution in [0.5, 0.6) is 5.75 Å². The average molecular weight is 464 g/mol. The fourth-order valence-corrected chi connectivity index (χ4v) is 4.54. The van der Waals surface area contributed by atoms with Gasteiger partial charge in [-0.1, -0.05) is 71.7 Å². The highest BCUT2D eigenvalue weighted by Crippen LogP contribution is 2.45. The standard InChI is InChI=1S/C25H19Cl2N3O2/c26-18-11-10-16(14-19(18)27)24-21-22(17-8-4-5-9-20(17)31)28-29-23(21)25(32)30(24)13-12-15-6-2-1-3-7-15/h1-11,14,24,31H,12-13H2,(H,28,29). The maximum absolute atomic E-state index is 13.4. The van der Waals surface area contributed by atoms with Crippen molar-refractivity contribution in [2.75, 3.05) is 6.54 Å². The summed E-state index contributed by atoms with van der Waals surface area (Å²) < 4.78 is 0. The summed E-state index contributed by atoms with van der Waals surface area (Å²) in [5, 5.41) is 18.6. The number of nitrogens with zero attached hydrogens (tertiary/aromatic N) is 2. The lowest BCUT2D eigenvalue weighted by Crippen LogP contribution is -2.31. The first-order chi connectivity index (χ1) is 15.5. The van der Waals surface area contributed by atoms with Crippen LogP contribution < -0.4 is 0 Å². The summed E-state index contributed by atoms with van der Waals surface area (Å²) in [6.45, 7) is 0.510. The second-order valence-corrected chi connectivity index (χ2v) is 8.50. The first-order valence-corrected chi connectivity index (χ1v) is 11.0. The van der Waals surface area contributed by atoms with E-state index in [4.69, 9.17) is 23.2 Å². The van der Waals surface area contributed by atoms with Gasteiger partial charge in [0.25, 0.3) is 5.91 Å². The molecule has 3 aromatic carbocycles. The fraction of sp³-hybridized carbons (Fsp3) is 0.120. The van der Waals surface area contributed by atoms with Crippen molar-refractivity contribution in [3.8, 4) is 17.0 Å². The Hall–Kier alpha value is -3.28. The Morgan fingerprint density at radius 3 is 2.47 bits per heavy atom. The zero-order chi connectivity index (χ0) is 22.2. The molecule has 1 unspecified atom stereocenters. The van der Waals surface area contributed by atoms with Gasteiger partial charge in [0.05, 0.1) is 16.1 Å². The first kappa shape index (κ1) is 20.6. The molecule has 1 atom stereocenters. The predicted molar refractivity (Wildman–Crippen MR) is 125 cm³/mol. The number of rotatable bonds is 5. The highest BCUT2D eigenvalue weighted by molar-refractivity contribution is 6.42. The number of H-pyrrole nitrogens is 1. The van der Waals surface area contributed by atoms with E-state index in [1.807, 2.05) is 47.4 Å². The molecule has 2 heterocycles. The molecular weight excluding hydrogens is 445 g/mol. The molecule has 0 aliphatic carbocycles. The summed E-state index contributed by atoms with van der Waals surface area (Å²) in [7, 11) is 0. The van der Waals surface area contributed by atoms with Gasteiger partial charge in [0.2, 0.25) is 0 Å². The zero-order valence-corrected chi connectivity index (χ0v) is 18.4. The van der Waals surface area contributed by atoms with Crippen LogP contribution in [0.25, 0.3) is 11.3 Å². The summed E-state index contributed by atoms with van der Waals surface area (Å²) in [5.41, 5.74) is 4.23. The lowest BCUT2D eigenvalue weighted by Gasteiger charge is -2.27. The lowest BCUT2D eigenvalue weighted by atomic mass is 9.95. The highest BCUT2D eigenvalue weighted by atomic mass is 35.5. The molecule has 0 radical (unpaired) electrons. The number of fused-ring (bicyclic) bond motifs is 1. The number of carbonyl (C=O) groups excluding carboxylic acids is 1. The Kier molecular flexibility index (Phi) is 5.37. The SMILES string of the molecule is O=C1c2[nH]nc(-c3ccccc3O)c2C(c2ccc(Cl)c(Cl)c2)N1CCc1ccccc1. The van der Waals surface area contributed by atoms with Crippen LogP contribution >= 0.6 is 23.2 Å². The van der Waals surface area contributed by atoms with Crippen molar-refractivity contribution in [1.82, 2.24) is 15.1 Å². The molecule has 0 saturated heterocycles. The molecule has 0 spiro atoms. The van der Waals surface area contributed by atoms with Crippen molar-refractivity contribution in [3.63, 3.8) is 0 Å². The Balaban J connectivity index is 1.62. The van der Waals surface area contributed by atoms with Gasteiger partial charge in [0.15, 0.2) is 0 Å². The summed E-state index contributed by atoms with van der Waals surface area (Å²) in [5.74, 6) is -0.0361. The molecule has 32 heavy (non-hydrogen) atoms. The molecule has 0 fully saturated rings. The van der Waals surface area contributed by atoms with E-state index in [-0.39, 0.29) is 11.7 Å². The van der Waals surface area contributed by atoms with Gasteiger partial charge in [-0.2, -0.15) is 5.10 Å². The monoisotopic (exact) mass is 463 g/mol. The van der Waals surface area contributed by atoms with Gasteiger partial charge in [-0.25, -0.2) is 0 Å². The van der Waals surface area contributed by atoms with Crippen molar-refractivity contribution in [2.24, 2.45) is 0 Å². The third-order valence-corrected chi connectivity index (χ3v) is 6.51. The normalized spacial score (nSPS) is 15.2. The van der Waals surface area contributed by atoms with E-state index < -0.39 is 6.04 Å². The molecule has 7 heteroatoms. The molecule has 1 aliphatic rings. The largest absolute Gasteiger partial charge is 0.507 e. The quantitative estimate of drug-likeness (QED) is 0.388. The topological polar surface area (TPSA) is 69.2 Å². The number of phenols is 1. The van der Waals surface area contributed by atoms with Crippen LogP contribution in [0.1, 0.15) is 33.2 Å². The Labute approximate surface area is 195 Å². The third-order valence-electron chi connectivity index (χ3n) is 5.77. The number of carbonyl (C=O) groups is 1. The molecule has 2 N–H and O–H groups in total. The van der Waals surface area contributed by atoms with E-state index in [0.29, 0.717) is 40.0 Å². The minimum absolute atomic E-state index is 0.102. The van der Waals surface area contributed by atoms with Gasteiger partial charge in [-0.15, -0.1) is 0 Å². The molecular formula is C25H19Cl2N3O2. The molecule has 4 aromatic rings. The zero-order valence-electron chi connectivity index (χ0n) is 16.9. The maximum Gasteiger partial charge on any atom is 0.273 e. The number of aromatic amines is 1. The predicted octanol–water partition coefficient (Wildman–Crippen LogP) is 5.88. The summed E-state index contributed by atoms with van der Waals surface area (Å²) in [4.78, 5) is 15.2. The molecule has 0 bridgehead atoms. The summed E-state index contributed by atoms with van der Waals surface area (Å²) in [6.07, 6.45) is 0.702. The molecule has 1 aliphatic heterocycles. The van der Waals surface area contributed by atoms with Crippen LogP contribution in [-0.4, -0.2) is 32.7 Å². The van der Waals surface area contributed by atoms with Crippen molar-refractivity contribution in [1.29, 1.82) is 0 Å². The minimum atomic E-state index is -0.413. The van der Waals surface area contributed by atoms with Gasteiger partial charge in [0, 0.05) is 17.7 Å². The van der Waals surface area contributed by atoms with Gasteiger partial charge >= 0.3 is 0 Å². The number of phenolic OH excluding ortho intramolecular Hbond substituents is 1. The Morgan fingerprint density at radius 2 is 1.72 bits per heavy atom. The maximum atomic E-state index is 13.4. The number of benzene rings is 3. The van der Waals surface area contributed by atoms with Crippen molar-refractivity contribution >= 4 is 29.1 Å². The summed E-state index contributed by atoms with van der Waals surface area (Å²) >= 11 is 12.5. The minimum Gasteiger partial charge on any atom is -0.507 e. The van der Waals surface area contributed by atoms with E-state index in [2.05, 4.69) is 10.2 Å². The number of hydrogen-bond donors (Lipinski definition) is 2. The van der Waals surface area contributed by atoms with Crippen molar-refractivity contribution in [2.45, 2.75) is 12.5 Å².